The normalized spacial score (nSPS) is 22.9. The molecule has 27 heavy (non-hydrogen) atoms. The molecule has 9 heteroatoms. The molecule has 1 amide bonds. The Labute approximate surface area is 156 Å². The number of hydrogen-bond donors (Lipinski definition) is 1. The Hall–Kier alpha value is -2.42. The van der Waals surface area contributed by atoms with Gasteiger partial charge in [0.25, 0.3) is 5.56 Å². The molecule has 0 atom stereocenters. The number of aryl methyl sites for hydroxylation is 2. The van der Waals surface area contributed by atoms with Crippen LogP contribution in [-0.2, 0) is 30.2 Å². The Morgan fingerprint density at radius 2 is 2.00 bits per heavy atom. The van der Waals surface area contributed by atoms with Crippen molar-refractivity contribution < 1.29 is 9.53 Å². The predicted molar refractivity (Wildman–Crippen MR) is 101 cm³/mol. The van der Waals surface area contributed by atoms with E-state index in [0.717, 1.165) is 30.3 Å². The molecule has 0 spiro atoms. The number of nitrogens with zero attached hydrogens (tertiary/aromatic N) is 4. The van der Waals surface area contributed by atoms with E-state index >= 15 is 0 Å². The smallest absolute Gasteiger partial charge is 0.332 e. The summed E-state index contributed by atoms with van der Waals surface area (Å²) in [5.41, 5.74) is -0.854. The van der Waals surface area contributed by atoms with Gasteiger partial charge in [-0.1, -0.05) is 6.92 Å². The molecular formula is C18H27N5O4. The second-order valence-electron chi connectivity index (χ2n) is 7.61. The Morgan fingerprint density at radius 3 is 2.63 bits per heavy atom. The van der Waals surface area contributed by atoms with Crippen molar-refractivity contribution in [2.75, 3.05) is 13.7 Å². The molecule has 1 fully saturated rings. The molecule has 1 saturated carbocycles. The SMILES string of the molecule is COC1(CNC(=O)Cn2c(=O)c3c(ncn3C)n(C)c2=O)CCC(C)CC1. The van der Waals surface area contributed by atoms with Gasteiger partial charge in [-0.25, -0.2) is 14.3 Å². The first-order valence-electron chi connectivity index (χ1n) is 9.21. The number of amides is 1. The molecule has 2 heterocycles. The van der Waals surface area contributed by atoms with E-state index in [2.05, 4.69) is 17.2 Å². The van der Waals surface area contributed by atoms with Crippen molar-refractivity contribution in [3.05, 3.63) is 27.2 Å². The second kappa shape index (κ2) is 7.30. The number of hydrogen-bond acceptors (Lipinski definition) is 5. The third-order valence-electron chi connectivity index (χ3n) is 5.73. The summed E-state index contributed by atoms with van der Waals surface area (Å²) in [6.45, 7) is 2.26. The molecule has 1 aliphatic rings. The minimum absolute atomic E-state index is 0.291. The molecule has 2 aromatic rings. The summed E-state index contributed by atoms with van der Waals surface area (Å²) in [5.74, 6) is 0.280. The van der Waals surface area contributed by atoms with Gasteiger partial charge in [0.15, 0.2) is 11.2 Å². The van der Waals surface area contributed by atoms with Gasteiger partial charge in [-0.2, -0.15) is 0 Å². The molecule has 2 aromatic heterocycles. The van der Waals surface area contributed by atoms with Crippen LogP contribution in [0.25, 0.3) is 11.2 Å². The number of fused-ring (bicyclic) bond motifs is 1. The molecule has 148 valence electrons. The summed E-state index contributed by atoms with van der Waals surface area (Å²) in [7, 11) is 4.88. The number of nitrogens with one attached hydrogen (secondary N) is 1. The molecule has 3 rings (SSSR count). The summed E-state index contributed by atoms with van der Waals surface area (Å²) >= 11 is 0. The van der Waals surface area contributed by atoms with Crippen LogP contribution in [0.3, 0.4) is 0 Å². The highest BCUT2D eigenvalue weighted by molar-refractivity contribution is 5.76. The minimum Gasteiger partial charge on any atom is -0.376 e. The maximum atomic E-state index is 12.7. The molecule has 0 aliphatic heterocycles. The van der Waals surface area contributed by atoms with Gasteiger partial charge in [0.1, 0.15) is 6.54 Å². The van der Waals surface area contributed by atoms with Crippen molar-refractivity contribution >= 4 is 17.1 Å². The predicted octanol–water partition coefficient (Wildman–Crippen LogP) is 0.145. The summed E-state index contributed by atoms with van der Waals surface area (Å²) in [4.78, 5) is 41.7. The van der Waals surface area contributed by atoms with Gasteiger partial charge in [-0.3, -0.25) is 14.2 Å². The highest BCUT2D eigenvalue weighted by Crippen LogP contribution is 2.33. The monoisotopic (exact) mass is 377 g/mol. The zero-order chi connectivity index (χ0) is 19.8. The van der Waals surface area contributed by atoms with E-state index in [-0.39, 0.29) is 18.1 Å². The van der Waals surface area contributed by atoms with E-state index in [1.165, 1.54) is 17.9 Å². The molecule has 0 radical (unpaired) electrons. The molecule has 1 aliphatic carbocycles. The van der Waals surface area contributed by atoms with E-state index in [0.29, 0.717) is 23.6 Å². The van der Waals surface area contributed by atoms with Crippen LogP contribution < -0.4 is 16.6 Å². The topological polar surface area (TPSA) is 100 Å². The fraction of sp³-hybridized carbons (Fsp3) is 0.667. The van der Waals surface area contributed by atoms with Crippen molar-refractivity contribution in [3.8, 4) is 0 Å². The van der Waals surface area contributed by atoms with Crippen molar-refractivity contribution in [1.29, 1.82) is 0 Å². The van der Waals surface area contributed by atoms with Gasteiger partial charge in [0.2, 0.25) is 5.91 Å². The summed E-state index contributed by atoms with van der Waals surface area (Å²) in [5, 5.41) is 2.84. The third-order valence-corrected chi connectivity index (χ3v) is 5.73. The average Bonchev–Trinajstić information content (AvgIpc) is 3.05. The number of carbonyl (C=O) groups is 1. The number of aromatic nitrogens is 4. The third kappa shape index (κ3) is 3.55. The highest BCUT2D eigenvalue weighted by atomic mass is 16.5. The lowest BCUT2D eigenvalue weighted by molar-refractivity contribution is -0.124. The van der Waals surface area contributed by atoms with E-state index in [4.69, 9.17) is 4.74 Å². The first kappa shape index (κ1) is 19.3. The van der Waals surface area contributed by atoms with Crippen LogP contribution in [0.15, 0.2) is 15.9 Å². The number of imidazole rings is 1. The van der Waals surface area contributed by atoms with Crippen LogP contribution in [0.1, 0.15) is 32.6 Å². The second-order valence-corrected chi connectivity index (χ2v) is 7.61. The van der Waals surface area contributed by atoms with E-state index in [1.54, 1.807) is 18.7 Å². The summed E-state index contributed by atoms with van der Waals surface area (Å²) in [6, 6.07) is 0. The van der Waals surface area contributed by atoms with Crippen LogP contribution in [0.4, 0.5) is 0 Å². The lowest BCUT2D eigenvalue weighted by Crippen LogP contribution is -2.49. The molecule has 0 saturated heterocycles. The van der Waals surface area contributed by atoms with Crippen molar-refractivity contribution in [3.63, 3.8) is 0 Å². The van der Waals surface area contributed by atoms with Crippen LogP contribution in [-0.4, -0.2) is 43.8 Å². The Morgan fingerprint density at radius 1 is 1.33 bits per heavy atom. The van der Waals surface area contributed by atoms with E-state index < -0.39 is 11.2 Å². The highest BCUT2D eigenvalue weighted by Gasteiger charge is 2.34. The van der Waals surface area contributed by atoms with Crippen LogP contribution in [0, 0.1) is 5.92 Å². The zero-order valence-corrected chi connectivity index (χ0v) is 16.3. The van der Waals surface area contributed by atoms with Crippen LogP contribution >= 0.6 is 0 Å². The fourth-order valence-electron chi connectivity index (χ4n) is 3.74. The van der Waals surface area contributed by atoms with Crippen molar-refractivity contribution in [2.45, 2.75) is 44.8 Å². The Bertz CT molecular complexity index is 963. The molecule has 0 aromatic carbocycles. The summed E-state index contributed by atoms with van der Waals surface area (Å²) < 4.78 is 9.47. The number of carbonyl (C=O) groups excluding carboxylic acids is 1. The van der Waals surface area contributed by atoms with Crippen LogP contribution in [0.5, 0.6) is 0 Å². The quantitative estimate of drug-likeness (QED) is 0.799. The van der Waals surface area contributed by atoms with Gasteiger partial charge in [0, 0.05) is 27.7 Å². The lowest BCUT2D eigenvalue weighted by Gasteiger charge is -2.38. The number of rotatable bonds is 5. The number of ether oxygens (including phenoxy) is 1. The molecule has 9 nitrogen and oxygen atoms in total. The van der Waals surface area contributed by atoms with Gasteiger partial charge in [0.05, 0.1) is 11.9 Å². The first-order chi connectivity index (χ1) is 12.8. The van der Waals surface area contributed by atoms with Crippen molar-refractivity contribution in [1.82, 2.24) is 24.0 Å². The lowest BCUT2D eigenvalue weighted by atomic mass is 9.79. The van der Waals surface area contributed by atoms with E-state index in [9.17, 15) is 14.4 Å². The molecule has 0 bridgehead atoms. The largest absolute Gasteiger partial charge is 0.376 e. The summed E-state index contributed by atoms with van der Waals surface area (Å²) in [6.07, 6.45) is 5.35. The standard InChI is InChI=1S/C18H27N5O4/c1-12-5-7-18(27-4,8-6-12)10-19-13(24)9-23-16(25)14-15(20-11-21(14)2)22(3)17(23)26/h11-12H,5-10H2,1-4H3,(H,19,24). The maximum Gasteiger partial charge on any atom is 0.332 e. The van der Waals surface area contributed by atoms with Crippen molar-refractivity contribution in [2.24, 2.45) is 20.0 Å². The maximum absolute atomic E-state index is 12.7. The van der Waals surface area contributed by atoms with Crippen LogP contribution in [0.2, 0.25) is 0 Å². The fourth-order valence-corrected chi connectivity index (χ4v) is 3.74. The molecular weight excluding hydrogens is 350 g/mol. The zero-order valence-electron chi connectivity index (χ0n) is 16.3. The van der Waals surface area contributed by atoms with Gasteiger partial charge < -0.3 is 14.6 Å². The minimum atomic E-state index is -0.561. The Balaban J connectivity index is 1.78. The molecule has 1 N–H and O–H groups in total. The van der Waals surface area contributed by atoms with Gasteiger partial charge in [-0.15, -0.1) is 0 Å². The first-order valence-corrected chi connectivity index (χ1v) is 9.21. The van der Waals surface area contributed by atoms with Gasteiger partial charge in [-0.05, 0) is 31.6 Å². The number of methoxy groups -OCH3 is 1. The average molecular weight is 377 g/mol. The molecule has 0 unspecified atom stereocenters. The van der Waals surface area contributed by atoms with Gasteiger partial charge >= 0.3 is 5.69 Å². The van der Waals surface area contributed by atoms with E-state index in [1.807, 2.05) is 0 Å². The Kier molecular flexibility index (Phi) is 5.23.